The SMILES string of the molecule is C=CCOC(=O)c1nnn(CC(=O)N(CC)CC)c1C. The van der Waals surface area contributed by atoms with Gasteiger partial charge in [-0.05, 0) is 20.8 Å². The van der Waals surface area contributed by atoms with Gasteiger partial charge in [-0.25, -0.2) is 9.48 Å². The summed E-state index contributed by atoms with van der Waals surface area (Å²) in [6.07, 6.45) is 1.47. The van der Waals surface area contributed by atoms with Gasteiger partial charge in [-0.3, -0.25) is 4.79 Å². The summed E-state index contributed by atoms with van der Waals surface area (Å²) in [5.41, 5.74) is 0.638. The molecule has 1 heterocycles. The average molecular weight is 280 g/mol. The summed E-state index contributed by atoms with van der Waals surface area (Å²) in [6.45, 7) is 10.4. The quantitative estimate of drug-likeness (QED) is 0.545. The Hall–Kier alpha value is -2.18. The van der Waals surface area contributed by atoms with E-state index in [1.165, 1.54) is 10.8 Å². The van der Waals surface area contributed by atoms with Gasteiger partial charge in [-0.15, -0.1) is 5.10 Å². The third-order valence-corrected chi connectivity index (χ3v) is 2.91. The van der Waals surface area contributed by atoms with Crippen LogP contribution in [-0.4, -0.2) is 51.5 Å². The van der Waals surface area contributed by atoms with Gasteiger partial charge < -0.3 is 9.64 Å². The molecule has 1 aromatic rings. The molecule has 0 spiro atoms. The Morgan fingerprint density at radius 2 is 2.05 bits per heavy atom. The second-order valence-electron chi connectivity index (χ2n) is 4.13. The van der Waals surface area contributed by atoms with Crippen LogP contribution in [0.15, 0.2) is 12.7 Å². The van der Waals surface area contributed by atoms with Crippen LogP contribution < -0.4 is 0 Å². The van der Waals surface area contributed by atoms with Gasteiger partial charge in [-0.1, -0.05) is 17.9 Å². The summed E-state index contributed by atoms with van der Waals surface area (Å²) in [7, 11) is 0. The summed E-state index contributed by atoms with van der Waals surface area (Å²) in [4.78, 5) is 25.4. The minimum atomic E-state index is -0.566. The molecule has 0 saturated carbocycles. The fourth-order valence-corrected chi connectivity index (χ4v) is 1.71. The zero-order valence-corrected chi connectivity index (χ0v) is 12.1. The average Bonchev–Trinajstić information content (AvgIpc) is 2.79. The van der Waals surface area contributed by atoms with Gasteiger partial charge in [0.25, 0.3) is 0 Å². The Kier molecular flexibility index (Phi) is 5.89. The molecule has 0 aliphatic carbocycles. The molecule has 0 aliphatic rings. The monoisotopic (exact) mass is 280 g/mol. The topological polar surface area (TPSA) is 77.3 Å². The Bertz CT molecular complexity index is 492. The smallest absolute Gasteiger partial charge is 0.361 e. The van der Waals surface area contributed by atoms with E-state index in [-0.39, 0.29) is 24.8 Å². The molecule has 0 aliphatic heterocycles. The Morgan fingerprint density at radius 1 is 1.40 bits per heavy atom. The largest absolute Gasteiger partial charge is 0.457 e. The molecule has 0 radical (unpaired) electrons. The van der Waals surface area contributed by atoms with Crippen LogP contribution in [0, 0.1) is 6.92 Å². The predicted octanol–water partition coefficient (Wildman–Crippen LogP) is 0.798. The van der Waals surface area contributed by atoms with E-state index in [1.54, 1.807) is 11.8 Å². The highest BCUT2D eigenvalue weighted by Crippen LogP contribution is 2.06. The van der Waals surface area contributed by atoms with Crippen LogP contribution in [0.2, 0.25) is 0 Å². The van der Waals surface area contributed by atoms with Crippen molar-refractivity contribution in [1.82, 2.24) is 19.9 Å². The highest BCUT2D eigenvalue weighted by Gasteiger charge is 2.20. The van der Waals surface area contributed by atoms with E-state index < -0.39 is 5.97 Å². The van der Waals surface area contributed by atoms with Crippen molar-refractivity contribution >= 4 is 11.9 Å². The molecule has 1 rings (SSSR count). The maximum Gasteiger partial charge on any atom is 0.361 e. The number of esters is 1. The van der Waals surface area contributed by atoms with Crippen LogP contribution in [0.4, 0.5) is 0 Å². The number of ether oxygens (including phenoxy) is 1. The lowest BCUT2D eigenvalue weighted by Crippen LogP contribution is -2.34. The number of nitrogens with zero attached hydrogens (tertiary/aromatic N) is 4. The van der Waals surface area contributed by atoms with Crippen molar-refractivity contribution in [3.63, 3.8) is 0 Å². The van der Waals surface area contributed by atoms with Crippen molar-refractivity contribution in [2.75, 3.05) is 19.7 Å². The zero-order chi connectivity index (χ0) is 15.1. The molecule has 0 aromatic carbocycles. The van der Waals surface area contributed by atoms with Gasteiger partial charge in [0, 0.05) is 13.1 Å². The molecule has 110 valence electrons. The Morgan fingerprint density at radius 3 is 2.60 bits per heavy atom. The maximum atomic E-state index is 12.0. The lowest BCUT2D eigenvalue weighted by Gasteiger charge is -2.18. The minimum absolute atomic E-state index is 0.0611. The molecule has 0 fully saturated rings. The molecule has 1 amide bonds. The first-order valence-corrected chi connectivity index (χ1v) is 6.50. The van der Waals surface area contributed by atoms with Crippen molar-refractivity contribution in [3.05, 3.63) is 24.0 Å². The zero-order valence-electron chi connectivity index (χ0n) is 12.1. The highest BCUT2D eigenvalue weighted by molar-refractivity contribution is 5.88. The molecular formula is C13H20N4O3. The highest BCUT2D eigenvalue weighted by atomic mass is 16.5. The van der Waals surface area contributed by atoms with Gasteiger partial charge in [0.15, 0.2) is 5.69 Å². The molecule has 0 unspecified atom stereocenters. The molecule has 7 heteroatoms. The number of hydrogen-bond acceptors (Lipinski definition) is 5. The third-order valence-electron chi connectivity index (χ3n) is 2.91. The number of likely N-dealkylation sites (N-methyl/N-ethyl adjacent to an activating group) is 1. The number of carbonyl (C=O) groups is 2. The second kappa shape index (κ2) is 7.42. The fourth-order valence-electron chi connectivity index (χ4n) is 1.71. The normalized spacial score (nSPS) is 10.2. The number of rotatable bonds is 7. The number of carbonyl (C=O) groups excluding carboxylic acids is 2. The predicted molar refractivity (Wildman–Crippen MR) is 73.2 cm³/mol. The summed E-state index contributed by atoms with van der Waals surface area (Å²) in [5, 5.41) is 7.59. The lowest BCUT2D eigenvalue weighted by atomic mass is 10.3. The molecule has 0 bridgehead atoms. The maximum absolute atomic E-state index is 12.0. The first-order chi connectivity index (χ1) is 9.54. The van der Waals surface area contributed by atoms with Crippen LogP contribution in [0.1, 0.15) is 30.0 Å². The van der Waals surface area contributed by atoms with Gasteiger partial charge in [0.2, 0.25) is 5.91 Å². The first-order valence-electron chi connectivity index (χ1n) is 6.50. The third kappa shape index (κ3) is 3.66. The summed E-state index contributed by atoms with van der Waals surface area (Å²) in [5.74, 6) is -0.627. The number of amides is 1. The first kappa shape index (κ1) is 15.9. The number of aromatic nitrogens is 3. The standard InChI is InChI=1S/C13H20N4O3/c1-5-8-20-13(19)12-10(4)17(15-14-12)9-11(18)16(6-2)7-3/h5H,1,6-9H2,2-4H3. The molecule has 0 N–H and O–H groups in total. The summed E-state index contributed by atoms with van der Waals surface area (Å²) < 4.78 is 6.31. The van der Waals surface area contributed by atoms with Crippen LogP contribution in [-0.2, 0) is 16.1 Å². The van der Waals surface area contributed by atoms with E-state index >= 15 is 0 Å². The van der Waals surface area contributed by atoms with E-state index in [4.69, 9.17) is 4.74 Å². The van der Waals surface area contributed by atoms with Crippen molar-refractivity contribution in [3.8, 4) is 0 Å². The van der Waals surface area contributed by atoms with Crippen LogP contribution in [0.5, 0.6) is 0 Å². The number of hydrogen-bond donors (Lipinski definition) is 0. The van der Waals surface area contributed by atoms with E-state index in [9.17, 15) is 9.59 Å². The van der Waals surface area contributed by atoms with Gasteiger partial charge in [0.1, 0.15) is 13.2 Å². The Labute approximate surface area is 118 Å². The van der Waals surface area contributed by atoms with Crippen LogP contribution >= 0.6 is 0 Å². The van der Waals surface area contributed by atoms with Crippen molar-refractivity contribution in [2.24, 2.45) is 0 Å². The Balaban J connectivity index is 2.79. The molecule has 1 aromatic heterocycles. The van der Waals surface area contributed by atoms with Crippen LogP contribution in [0.25, 0.3) is 0 Å². The van der Waals surface area contributed by atoms with E-state index in [1.807, 2.05) is 13.8 Å². The van der Waals surface area contributed by atoms with E-state index in [0.29, 0.717) is 18.8 Å². The molecule has 0 atom stereocenters. The van der Waals surface area contributed by atoms with Gasteiger partial charge in [0.05, 0.1) is 5.69 Å². The van der Waals surface area contributed by atoms with Crippen molar-refractivity contribution < 1.29 is 14.3 Å². The van der Waals surface area contributed by atoms with E-state index in [0.717, 1.165) is 0 Å². The lowest BCUT2D eigenvalue weighted by molar-refractivity contribution is -0.131. The molecule has 7 nitrogen and oxygen atoms in total. The summed E-state index contributed by atoms with van der Waals surface area (Å²) >= 11 is 0. The fraction of sp³-hybridized carbons (Fsp3) is 0.538. The van der Waals surface area contributed by atoms with E-state index in [2.05, 4.69) is 16.9 Å². The molecule has 20 heavy (non-hydrogen) atoms. The molecule has 0 saturated heterocycles. The van der Waals surface area contributed by atoms with Crippen molar-refractivity contribution in [2.45, 2.75) is 27.3 Å². The molecular weight excluding hydrogens is 260 g/mol. The van der Waals surface area contributed by atoms with Crippen molar-refractivity contribution in [1.29, 1.82) is 0 Å². The second-order valence-corrected chi connectivity index (χ2v) is 4.13. The minimum Gasteiger partial charge on any atom is -0.457 e. The summed E-state index contributed by atoms with van der Waals surface area (Å²) in [6, 6.07) is 0. The van der Waals surface area contributed by atoms with Gasteiger partial charge >= 0.3 is 5.97 Å². The van der Waals surface area contributed by atoms with Crippen LogP contribution in [0.3, 0.4) is 0 Å². The van der Waals surface area contributed by atoms with Gasteiger partial charge in [-0.2, -0.15) is 0 Å².